The molecule has 9 nitrogen and oxygen atoms in total. The fraction of sp³-hybridized carbons (Fsp3) is 0.583. The van der Waals surface area contributed by atoms with Crippen molar-refractivity contribution in [1.82, 2.24) is 14.7 Å². The molecule has 9 heteroatoms. The molecule has 0 bridgehead atoms. The molecular formula is C12H16N4O5. The Kier molecular flexibility index (Phi) is 3.92. The number of carbonyl (C=O) groups excluding carboxylic acids is 1. The molecule has 1 saturated carbocycles. The molecular weight excluding hydrogens is 280 g/mol. The van der Waals surface area contributed by atoms with Crippen molar-refractivity contribution in [1.29, 1.82) is 0 Å². The van der Waals surface area contributed by atoms with Gasteiger partial charge < -0.3 is 10.0 Å². The number of hydrogen-bond donors (Lipinski definition) is 1. The second-order valence-corrected chi connectivity index (χ2v) is 5.22. The molecule has 0 saturated heterocycles. The van der Waals surface area contributed by atoms with Crippen LogP contribution in [0.5, 0.6) is 0 Å². The van der Waals surface area contributed by atoms with Gasteiger partial charge in [-0.15, -0.1) is 0 Å². The molecule has 1 atom stereocenters. The number of aliphatic carboxylic acids is 1. The first-order valence-corrected chi connectivity index (χ1v) is 6.53. The standard InChI is InChI=1S/C12H16N4O5/c1-7(12(18)19)5-15(8-3-4-8)11(17)10-9(16(20)21)6-14(2)13-10/h6-8H,3-5H2,1-2H3,(H,18,19). The predicted octanol–water partition coefficient (Wildman–Crippen LogP) is 0.654. The third kappa shape index (κ3) is 3.18. The highest BCUT2D eigenvalue weighted by Crippen LogP contribution is 2.30. The Morgan fingerprint density at radius 1 is 1.62 bits per heavy atom. The zero-order valence-corrected chi connectivity index (χ0v) is 11.7. The zero-order chi connectivity index (χ0) is 15.7. The van der Waals surface area contributed by atoms with Gasteiger partial charge in [0.1, 0.15) is 6.20 Å². The molecule has 1 aromatic rings. The lowest BCUT2D eigenvalue weighted by Crippen LogP contribution is -2.39. The SMILES string of the molecule is CC(CN(C(=O)c1nn(C)cc1[N+](=O)[O-])C1CC1)C(=O)O. The van der Waals surface area contributed by atoms with Crippen molar-refractivity contribution in [3.8, 4) is 0 Å². The van der Waals surface area contributed by atoms with Gasteiger partial charge in [0.25, 0.3) is 5.91 Å². The molecule has 1 fully saturated rings. The van der Waals surface area contributed by atoms with Crippen molar-refractivity contribution < 1.29 is 19.6 Å². The number of carbonyl (C=O) groups is 2. The number of aromatic nitrogens is 2. The van der Waals surface area contributed by atoms with Crippen LogP contribution in [0.15, 0.2) is 6.20 Å². The van der Waals surface area contributed by atoms with Gasteiger partial charge in [0.05, 0.1) is 10.8 Å². The molecule has 1 N–H and O–H groups in total. The van der Waals surface area contributed by atoms with Gasteiger partial charge in [-0.2, -0.15) is 5.10 Å². The Labute approximate surface area is 120 Å². The molecule has 1 unspecified atom stereocenters. The summed E-state index contributed by atoms with van der Waals surface area (Å²) in [6.45, 7) is 1.52. The maximum atomic E-state index is 12.5. The maximum absolute atomic E-state index is 12.5. The fourth-order valence-electron chi connectivity index (χ4n) is 2.06. The summed E-state index contributed by atoms with van der Waals surface area (Å²) >= 11 is 0. The van der Waals surface area contributed by atoms with E-state index in [1.165, 1.54) is 29.7 Å². The first-order valence-electron chi connectivity index (χ1n) is 6.53. The number of amides is 1. The monoisotopic (exact) mass is 296 g/mol. The summed E-state index contributed by atoms with van der Waals surface area (Å²) in [5.41, 5.74) is -0.608. The van der Waals surface area contributed by atoms with Gasteiger partial charge in [-0.1, -0.05) is 6.92 Å². The Hall–Kier alpha value is -2.45. The molecule has 1 amide bonds. The lowest BCUT2D eigenvalue weighted by Gasteiger charge is -2.23. The summed E-state index contributed by atoms with van der Waals surface area (Å²) in [4.78, 5) is 35.1. The van der Waals surface area contributed by atoms with Gasteiger partial charge in [0, 0.05) is 19.6 Å². The van der Waals surface area contributed by atoms with Crippen LogP contribution in [0, 0.1) is 16.0 Å². The Balaban J connectivity index is 2.27. The normalized spacial score (nSPS) is 15.5. The number of carboxylic acids is 1. The van der Waals surface area contributed by atoms with Gasteiger partial charge >= 0.3 is 11.7 Å². The van der Waals surface area contributed by atoms with Crippen LogP contribution in [0.4, 0.5) is 5.69 Å². The minimum Gasteiger partial charge on any atom is -0.481 e. The van der Waals surface area contributed by atoms with Crippen LogP contribution >= 0.6 is 0 Å². The number of nitrogens with zero attached hydrogens (tertiary/aromatic N) is 4. The van der Waals surface area contributed by atoms with Gasteiger partial charge in [-0.05, 0) is 12.8 Å². The van der Waals surface area contributed by atoms with E-state index >= 15 is 0 Å². The molecule has 1 aliphatic carbocycles. The summed E-state index contributed by atoms with van der Waals surface area (Å²) in [6.07, 6.45) is 2.72. The van der Waals surface area contributed by atoms with Crippen molar-refractivity contribution in [2.45, 2.75) is 25.8 Å². The largest absolute Gasteiger partial charge is 0.481 e. The molecule has 1 aromatic heterocycles. The highest BCUT2D eigenvalue weighted by Gasteiger charge is 2.38. The average Bonchev–Trinajstić information content (AvgIpc) is 3.16. The highest BCUT2D eigenvalue weighted by atomic mass is 16.6. The molecule has 2 rings (SSSR count). The smallest absolute Gasteiger partial charge is 0.320 e. The molecule has 1 heterocycles. The average molecular weight is 296 g/mol. The van der Waals surface area contributed by atoms with Gasteiger partial charge in [-0.3, -0.25) is 24.4 Å². The fourth-order valence-corrected chi connectivity index (χ4v) is 2.06. The van der Waals surface area contributed by atoms with Crippen molar-refractivity contribution >= 4 is 17.6 Å². The van der Waals surface area contributed by atoms with E-state index < -0.39 is 22.7 Å². The Bertz CT molecular complexity index is 592. The van der Waals surface area contributed by atoms with Crippen LogP contribution in [0.2, 0.25) is 0 Å². The van der Waals surface area contributed by atoms with Crippen LogP contribution in [-0.4, -0.2) is 49.2 Å². The molecule has 0 spiro atoms. The third-order valence-electron chi connectivity index (χ3n) is 3.35. The molecule has 0 aromatic carbocycles. The molecule has 114 valence electrons. The molecule has 0 aliphatic heterocycles. The second-order valence-electron chi connectivity index (χ2n) is 5.22. The minimum atomic E-state index is -1.01. The number of hydrogen-bond acceptors (Lipinski definition) is 5. The van der Waals surface area contributed by atoms with E-state index in [0.29, 0.717) is 0 Å². The van der Waals surface area contributed by atoms with E-state index in [1.54, 1.807) is 0 Å². The van der Waals surface area contributed by atoms with Crippen LogP contribution < -0.4 is 0 Å². The van der Waals surface area contributed by atoms with Crippen molar-refractivity contribution in [2.75, 3.05) is 6.54 Å². The van der Waals surface area contributed by atoms with Gasteiger partial charge in [0.2, 0.25) is 5.69 Å². The van der Waals surface area contributed by atoms with Crippen molar-refractivity contribution in [2.24, 2.45) is 13.0 Å². The van der Waals surface area contributed by atoms with E-state index in [2.05, 4.69) is 5.10 Å². The van der Waals surface area contributed by atoms with Gasteiger partial charge in [-0.25, -0.2) is 0 Å². The zero-order valence-electron chi connectivity index (χ0n) is 11.7. The van der Waals surface area contributed by atoms with Crippen LogP contribution in [-0.2, 0) is 11.8 Å². The summed E-state index contributed by atoms with van der Waals surface area (Å²) in [5, 5.41) is 23.8. The van der Waals surface area contributed by atoms with Crippen LogP contribution in [0.3, 0.4) is 0 Å². The van der Waals surface area contributed by atoms with E-state index in [-0.39, 0.29) is 24.0 Å². The summed E-state index contributed by atoms with van der Waals surface area (Å²) in [7, 11) is 1.49. The number of carboxylic acid groups (broad SMARTS) is 1. The molecule has 21 heavy (non-hydrogen) atoms. The number of rotatable bonds is 6. The quantitative estimate of drug-likeness (QED) is 0.608. The van der Waals surface area contributed by atoms with E-state index in [0.717, 1.165) is 12.8 Å². The summed E-state index contributed by atoms with van der Waals surface area (Å²) in [6, 6.07) is -0.0547. The number of nitro groups is 1. The minimum absolute atomic E-state index is 0.0204. The molecule has 1 aliphatic rings. The van der Waals surface area contributed by atoms with Crippen LogP contribution in [0.25, 0.3) is 0 Å². The first-order chi connectivity index (χ1) is 9.81. The summed E-state index contributed by atoms with van der Waals surface area (Å²) < 4.78 is 1.21. The third-order valence-corrected chi connectivity index (χ3v) is 3.35. The maximum Gasteiger partial charge on any atom is 0.320 e. The summed E-state index contributed by atoms with van der Waals surface area (Å²) in [5.74, 6) is -2.33. The lowest BCUT2D eigenvalue weighted by atomic mass is 10.1. The Morgan fingerprint density at radius 3 is 2.71 bits per heavy atom. The van der Waals surface area contributed by atoms with E-state index in [9.17, 15) is 19.7 Å². The topological polar surface area (TPSA) is 119 Å². The lowest BCUT2D eigenvalue weighted by molar-refractivity contribution is -0.385. The van der Waals surface area contributed by atoms with E-state index in [1.807, 2.05) is 0 Å². The number of aryl methyl sites for hydroxylation is 1. The van der Waals surface area contributed by atoms with E-state index in [4.69, 9.17) is 5.11 Å². The van der Waals surface area contributed by atoms with Crippen molar-refractivity contribution in [3.63, 3.8) is 0 Å². The highest BCUT2D eigenvalue weighted by molar-refractivity contribution is 5.96. The van der Waals surface area contributed by atoms with Crippen molar-refractivity contribution in [3.05, 3.63) is 22.0 Å². The second kappa shape index (κ2) is 5.51. The molecule has 0 radical (unpaired) electrons. The van der Waals surface area contributed by atoms with Crippen LogP contribution in [0.1, 0.15) is 30.3 Å². The predicted molar refractivity (Wildman–Crippen MR) is 70.7 cm³/mol. The Morgan fingerprint density at radius 2 is 2.24 bits per heavy atom. The first kappa shape index (κ1) is 14.9. The van der Waals surface area contributed by atoms with Gasteiger partial charge in [0.15, 0.2) is 0 Å².